The summed E-state index contributed by atoms with van der Waals surface area (Å²) >= 11 is 0. The van der Waals surface area contributed by atoms with Gasteiger partial charge in [0.25, 0.3) is 0 Å². The van der Waals surface area contributed by atoms with Crippen molar-refractivity contribution in [2.45, 2.75) is 33.7 Å². The molecule has 0 aromatic carbocycles. The van der Waals surface area contributed by atoms with Gasteiger partial charge in [-0.1, -0.05) is 19.9 Å². The lowest BCUT2D eigenvalue weighted by Crippen LogP contribution is -2.35. The van der Waals surface area contributed by atoms with Crippen LogP contribution in [-0.2, 0) is 11.3 Å². The second-order valence-corrected chi connectivity index (χ2v) is 5.09. The van der Waals surface area contributed by atoms with Crippen molar-refractivity contribution in [3.8, 4) is 0 Å². The number of amides is 1. The van der Waals surface area contributed by atoms with E-state index in [2.05, 4.69) is 24.1 Å². The number of nitrogens with zero attached hydrogens (tertiary/aromatic N) is 1. The lowest BCUT2D eigenvalue weighted by molar-refractivity contribution is -0.125. The first-order chi connectivity index (χ1) is 8.52. The fourth-order valence-electron chi connectivity index (χ4n) is 1.82. The van der Waals surface area contributed by atoms with Crippen LogP contribution >= 0.6 is 0 Å². The molecule has 3 N–H and O–H groups in total. The van der Waals surface area contributed by atoms with E-state index in [0.29, 0.717) is 19.0 Å². The van der Waals surface area contributed by atoms with E-state index in [1.807, 2.05) is 19.1 Å². The van der Waals surface area contributed by atoms with Crippen molar-refractivity contribution in [2.75, 3.05) is 6.54 Å². The van der Waals surface area contributed by atoms with E-state index >= 15 is 0 Å². The maximum atomic E-state index is 11.9. The average molecular weight is 249 g/mol. The van der Waals surface area contributed by atoms with Gasteiger partial charge in [-0.3, -0.25) is 9.78 Å². The first-order valence-corrected chi connectivity index (χ1v) is 6.42. The van der Waals surface area contributed by atoms with Gasteiger partial charge in [0.05, 0.1) is 5.92 Å². The van der Waals surface area contributed by atoms with E-state index in [-0.39, 0.29) is 11.8 Å². The molecule has 100 valence electrons. The van der Waals surface area contributed by atoms with Gasteiger partial charge >= 0.3 is 0 Å². The van der Waals surface area contributed by atoms with Crippen molar-refractivity contribution in [3.05, 3.63) is 29.6 Å². The molecular formula is C14H23N3O. The molecular weight excluding hydrogens is 226 g/mol. The van der Waals surface area contributed by atoms with Gasteiger partial charge in [0.15, 0.2) is 0 Å². The van der Waals surface area contributed by atoms with Crippen LogP contribution in [0.4, 0.5) is 0 Å². The molecule has 1 unspecified atom stereocenters. The van der Waals surface area contributed by atoms with Crippen LogP contribution in [0.3, 0.4) is 0 Å². The smallest absolute Gasteiger partial charge is 0.224 e. The molecule has 18 heavy (non-hydrogen) atoms. The van der Waals surface area contributed by atoms with E-state index < -0.39 is 0 Å². The van der Waals surface area contributed by atoms with Gasteiger partial charge in [0.2, 0.25) is 5.91 Å². The molecule has 0 aliphatic carbocycles. The van der Waals surface area contributed by atoms with E-state index in [4.69, 9.17) is 5.73 Å². The lowest BCUT2D eigenvalue weighted by Gasteiger charge is -2.16. The maximum absolute atomic E-state index is 11.9. The Kier molecular flexibility index (Phi) is 5.78. The summed E-state index contributed by atoms with van der Waals surface area (Å²) in [4.78, 5) is 16.1. The Labute approximate surface area is 109 Å². The summed E-state index contributed by atoms with van der Waals surface area (Å²) in [5.74, 6) is 0.417. The number of aryl methyl sites for hydroxylation is 1. The first-order valence-electron chi connectivity index (χ1n) is 6.42. The molecule has 0 aliphatic rings. The van der Waals surface area contributed by atoms with Gasteiger partial charge in [-0.25, -0.2) is 0 Å². The molecule has 1 rings (SSSR count). The van der Waals surface area contributed by atoms with E-state index in [1.54, 1.807) is 6.20 Å². The van der Waals surface area contributed by atoms with E-state index in [0.717, 1.165) is 17.7 Å². The van der Waals surface area contributed by atoms with Gasteiger partial charge in [0, 0.05) is 25.0 Å². The second kappa shape index (κ2) is 7.11. The molecule has 1 aromatic rings. The molecule has 1 aromatic heterocycles. The van der Waals surface area contributed by atoms with Crippen LogP contribution in [0, 0.1) is 18.8 Å². The highest BCUT2D eigenvalue weighted by Gasteiger charge is 2.17. The van der Waals surface area contributed by atoms with Gasteiger partial charge < -0.3 is 11.1 Å². The minimum atomic E-state index is -0.0941. The van der Waals surface area contributed by atoms with Gasteiger partial charge in [0.1, 0.15) is 0 Å². The minimum Gasteiger partial charge on any atom is -0.352 e. The van der Waals surface area contributed by atoms with Crippen molar-refractivity contribution in [1.29, 1.82) is 0 Å². The molecule has 1 heterocycles. The number of nitrogens with one attached hydrogen (secondary N) is 1. The summed E-state index contributed by atoms with van der Waals surface area (Å²) in [6.45, 7) is 7.05. The predicted molar refractivity (Wildman–Crippen MR) is 72.8 cm³/mol. The number of hydrogen-bond acceptors (Lipinski definition) is 3. The Bertz CT molecular complexity index is 373. The second-order valence-electron chi connectivity index (χ2n) is 5.09. The van der Waals surface area contributed by atoms with Gasteiger partial charge in [-0.05, 0) is 30.9 Å². The number of carbonyl (C=O) groups excluding carboxylic acids is 1. The third-order valence-electron chi connectivity index (χ3n) is 2.85. The van der Waals surface area contributed by atoms with Crippen LogP contribution in [0.1, 0.15) is 31.5 Å². The van der Waals surface area contributed by atoms with Crippen LogP contribution in [-0.4, -0.2) is 17.4 Å². The number of nitrogens with two attached hydrogens (primary N) is 1. The Balaban J connectivity index is 2.46. The number of aromatic nitrogens is 1. The number of pyridine rings is 1. The molecule has 4 nitrogen and oxygen atoms in total. The van der Waals surface area contributed by atoms with Crippen molar-refractivity contribution in [3.63, 3.8) is 0 Å². The zero-order valence-corrected chi connectivity index (χ0v) is 11.4. The summed E-state index contributed by atoms with van der Waals surface area (Å²) in [7, 11) is 0. The fraction of sp³-hybridized carbons (Fsp3) is 0.571. The molecule has 0 fully saturated rings. The SMILES string of the molecule is Cc1ccc(CNC(=O)C(CN)CC(C)C)cn1. The van der Waals surface area contributed by atoms with Crippen molar-refractivity contribution in [2.24, 2.45) is 17.6 Å². The van der Waals surface area contributed by atoms with E-state index in [1.165, 1.54) is 0 Å². The minimum absolute atomic E-state index is 0.0341. The summed E-state index contributed by atoms with van der Waals surface area (Å²) in [6, 6.07) is 3.92. The molecule has 0 saturated carbocycles. The third-order valence-corrected chi connectivity index (χ3v) is 2.85. The highest BCUT2D eigenvalue weighted by molar-refractivity contribution is 5.78. The number of rotatable bonds is 6. The normalized spacial score (nSPS) is 12.5. The summed E-state index contributed by atoms with van der Waals surface area (Å²) in [5, 5.41) is 2.92. The standard InChI is InChI=1S/C14H23N3O/c1-10(2)6-13(7-15)14(18)17-9-12-5-4-11(3)16-8-12/h4-5,8,10,13H,6-7,9,15H2,1-3H3,(H,17,18). The lowest BCUT2D eigenvalue weighted by atomic mass is 9.96. The Morgan fingerprint density at radius 1 is 1.44 bits per heavy atom. The van der Waals surface area contributed by atoms with Gasteiger partial charge in [-0.2, -0.15) is 0 Å². The monoisotopic (exact) mass is 249 g/mol. The van der Waals surface area contributed by atoms with Crippen LogP contribution in [0.5, 0.6) is 0 Å². The molecule has 1 atom stereocenters. The predicted octanol–water partition coefficient (Wildman–Crippen LogP) is 1.63. The first kappa shape index (κ1) is 14.6. The molecule has 4 heteroatoms. The number of carbonyl (C=O) groups is 1. The molecule has 0 saturated heterocycles. The third kappa shape index (κ3) is 4.84. The Morgan fingerprint density at radius 2 is 2.17 bits per heavy atom. The topological polar surface area (TPSA) is 68.0 Å². The van der Waals surface area contributed by atoms with Crippen LogP contribution in [0.25, 0.3) is 0 Å². The fourth-order valence-corrected chi connectivity index (χ4v) is 1.82. The van der Waals surface area contributed by atoms with Crippen molar-refractivity contribution < 1.29 is 4.79 Å². The Morgan fingerprint density at radius 3 is 2.67 bits per heavy atom. The molecule has 0 spiro atoms. The zero-order valence-electron chi connectivity index (χ0n) is 11.4. The van der Waals surface area contributed by atoms with Crippen molar-refractivity contribution in [1.82, 2.24) is 10.3 Å². The summed E-state index contributed by atoms with van der Waals surface area (Å²) < 4.78 is 0. The highest BCUT2D eigenvalue weighted by Crippen LogP contribution is 2.10. The summed E-state index contributed by atoms with van der Waals surface area (Å²) in [5.41, 5.74) is 7.62. The molecule has 0 aliphatic heterocycles. The quantitative estimate of drug-likeness (QED) is 0.805. The molecule has 1 amide bonds. The zero-order chi connectivity index (χ0) is 13.5. The maximum Gasteiger partial charge on any atom is 0.224 e. The largest absolute Gasteiger partial charge is 0.352 e. The highest BCUT2D eigenvalue weighted by atomic mass is 16.1. The van der Waals surface area contributed by atoms with Crippen LogP contribution in [0.15, 0.2) is 18.3 Å². The average Bonchev–Trinajstić information content (AvgIpc) is 2.34. The number of hydrogen-bond donors (Lipinski definition) is 2. The van der Waals surface area contributed by atoms with Crippen LogP contribution in [0.2, 0.25) is 0 Å². The van der Waals surface area contributed by atoms with Crippen molar-refractivity contribution >= 4 is 5.91 Å². The van der Waals surface area contributed by atoms with E-state index in [9.17, 15) is 4.79 Å². The molecule has 0 radical (unpaired) electrons. The van der Waals surface area contributed by atoms with Crippen LogP contribution < -0.4 is 11.1 Å². The molecule has 0 bridgehead atoms. The summed E-state index contributed by atoms with van der Waals surface area (Å²) in [6.07, 6.45) is 2.62. The Hall–Kier alpha value is -1.42. The van der Waals surface area contributed by atoms with Gasteiger partial charge in [-0.15, -0.1) is 0 Å².